The first-order valence-electron chi connectivity index (χ1n) is 7.34. The first-order valence-corrected chi connectivity index (χ1v) is 10.4. The molecule has 0 unspecified atom stereocenters. The van der Waals surface area contributed by atoms with Gasteiger partial charge in [0.25, 0.3) is 0 Å². The predicted molar refractivity (Wildman–Crippen MR) is 92.3 cm³/mol. The van der Waals surface area contributed by atoms with E-state index in [0.29, 0.717) is 0 Å². The summed E-state index contributed by atoms with van der Waals surface area (Å²) in [5, 5.41) is 3.00. The van der Waals surface area contributed by atoms with Gasteiger partial charge >= 0.3 is 6.09 Å². The van der Waals surface area contributed by atoms with Gasteiger partial charge in [0.1, 0.15) is 6.10 Å². The molecule has 0 spiro atoms. The fraction of sp³-hybridized carbons (Fsp3) is 0.471. The van der Waals surface area contributed by atoms with Crippen LogP contribution in [0.2, 0.25) is 18.1 Å². The van der Waals surface area contributed by atoms with Crippen molar-refractivity contribution in [3.8, 4) is 0 Å². The number of amides is 1. The molecule has 0 aliphatic heterocycles. The molecule has 1 aromatic rings. The predicted octanol–water partition coefficient (Wildman–Crippen LogP) is 5.23. The molecule has 0 aromatic heterocycles. The quantitative estimate of drug-likeness (QED) is 0.774. The maximum absolute atomic E-state index is 11.8. The Labute approximate surface area is 129 Å². The van der Waals surface area contributed by atoms with Crippen molar-refractivity contribution in [2.24, 2.45) is 0 Å². The molecule has 1 atom stereocenters. The number of benzene rings is 1. The molecule has 21 heavy (non-hydrogen) atoms. The van der Waals surface area contributed by atoms with E-state index < -0.39 is 14.2 Å². The van der Waals surface area contributed by atoms with Crippen LogP contribution < -0.4 is 5.32 Å². The van der Waals surface area contributed by atoms with E-state index in [0.717, 1.165) is 5.69 Å². The van der Waals surface area contributed by atoms with E-state index in [1.54, 1.807) is 0 Å². The van der Waals surface area contributed by atoms with E-state index in [1.165, 1.54) is 0 Å². The van der Waals surface area contributed by atoms with Crippen LogP contribution in [0.3, 0.4) is 0 Å². The summed E-state index contributed by atoms with van der Waals surface area (Å²) in [5.74, 6) is 0. The minimum atomic E-state index is -1.49. The van der Waals surface area contributed by atoms with Gasteiger partial charge in [0.05, 0.1) is 8.07 Å². The van der Waals surface area contributed by atoms with E-state index in [2.05, 4.69) is 44.9 Å². The molecule has 0 radical (unpaired) electrons. The SMILES string of the molecule is C[C@@H](/C=C/[Si](C)(C)C(C)(C)C)OC(=O)Nc1ccccc1. The Morgan fingerprint density at radius 1 is 1.24 bits per heavy atom. The molecule has 1 amide bonds. The van der Waals surface area contributed by atoms with Gasteiger partial charge in [-0.15, -0.1) is 0 Å². The van der Waals surface area contributed by atoms with Gasteiger partial charge in [-0.25, -0.2) is 4.79 Å². The van der Waals surface area contributed by atoms with Crippen LogP contribution in [-0.2, 0) is 4.74 Å². The highest BCUT2D eigenvalue weighted by Gasteiger charge is 2.32. The van der Waals surface area contributed by atoms with E-state index in [4.69, 9.17) is 4.74 Å². The molecule has 116 valence electrons. The summed E-state index contributed by atoms with van der Waals surface area (Å²) in [6, 6.07) is 9.31. The van der Waals surface area contributed by atoms with Gasteiger partial charge in [0.15, 0.2) is 0 Å². The third-order valence-corrected chi connectivity index (χ3v) is 8.92. The topological polar surface area (TPSA) is 38.3 Å². The number of anilines is 1. The number of nitrogens with one attached hydrogen (secondary N) is 1. The largest absolute Gasteiger partial charge is 0.442 e. The van der Waals surface area contributed by atoms with Crippen molar-refractivity contribution in [2.45, 2.75) is 51.9 Å². The van der Waals surface area contributed by atoms with Crippen LogP contribution in [0.1, 0.15) is 27.7 Å². The summed E-state index contributed by atoms with van der Waals surface area (Å²) in [6.07, 6.45) is 1.35. The summed E-state index contributed by atoms with van der Waals surface area (Å²) in [7, 11) is -1.49. The lowest BCUT2D eigenvalue weighted by Gasteiger charge is -2.34. The third-order valence-electron chi connectivity index (χ3n) is 4.03. The zero-order valence-electron chi connectivity index (χ0n) is 13.9. The molecule has 3 nitrogen and oxygen atoms in total. The van der Waals surface area contributed by atoms with Gasteiger partial charge < -0.3 is 4.74 Å². The lowest BCUT2D eigenvalue weighted by atomic mass is 10.2. The molecule has 1 rings (SSSR count). The highest BCUT2D eigenvalue weighted by Crippen LogP contribution is 2.36. The second kappa shape index (κ2) is 6.94. The van der Waals surface area contributed by atoms with Crippen LogP contribution >= 0.6 is 0 Å². The average Bonchev–Trinajstić information content (AvgIpc) is 2.36. The Balaban J connectivity index is 2.54. The summed E-state index contributed by atoms with van der Waals surface area (Å²) in [4.78, 5) is 11.8. The number of rotatable bonds is 4. The number of carbonyl (C=O) groups excluding carboxylic acids is 1. The Bertz CT molecular complexity index is 489. The van der Waals surface area contributed by atoms with Crippen LogP contribution in [0.15, 0.2) is 42.1 Å². The highest BCUT2D eigenvalue weighted by atomic mass is 28.3. The fourth-order valence-electron chi connectivity index (χ4n) is 1.50. The molecular formula is C17H27NO2Si. The molecule has 0 saturated heterocycles. The van der Waals surface area contributed by atoms with Gasteiger partial charge in [-0.1, -0.05) is 63.8 Å². The Morgan fingerprint density at radius 3 is 2.33 bits per heavy atom. The van der Waals surface area contributed by atoms with Crippen LogP contribution in [0.25, 0.3) is 0 Å². The van der Waals surface area contributed by atoms with Crippen LogP contribution in [0, 0.1) is 0 Å². The zero-order valence-corrected chi connectivity index (χ0v) is 14.9. The van der Waals surface area contributed by atoms with Crippen LogP contribution in [0.5, 0.6) is 0 Å². The average molecular weight is 305 g/mol. The van der Waals surface area contributed by atoms with Crippen LogP contribution in [-0.4, -0.2) is 20.3 Å². The lowest BCUT2D eigenvalue weighted by Crippen LogP contribution is -2.35. The van der Waals surface area contributed by atoms with Gasteiger partial charge in [0.2, 0.25) is 0 Å². The second-order valence-electron chi connectivity index (χ2n) is 6.93. The zero-order chi connectivity index (χ0) is 16.1. The van der Waals surface area contributed by atoms with E-state index in [9.17, 15) is 4.79 Å². The van der Waals surface area contributed by atoms with Crippen molar-refractivity contribution in [3.63, 3.8) is 0 Å². The summed E-state index contributed by atoms with van der Waals surface area (Å²) < 4.78 is 5.35. The van der Waals surface area contributed by atoms with Gasteiger partial charge in [-0.3, -0.25) is 5.32 Å². The molecule has 0 saturated carbocycles. The molecule has 1 aromatic carbocycles. The standard InChI is InChI=1S/C17H27NO2Si/c1-14(12-13-21(5,6)17(2,3)4)20-16(19)18-15-10-8-7-9-11-15/h7-14H,1-6H3,(H,18,19)/b13-12+/t14-/m0/s1. The molecule has 1 N–H and O–H groups in total. The molecule has 0 fully saturated rings. The second-order valence-corrected chi connectivity index (χ2v) is 12.2. The number of hydrogen-bond donors (Lipinski definition) is 1. The molecule has 4 heteroatoms. The van der Waals surface area contributed by atoms with Crippen molar-refractivity contribution in [2.75, 3.05) is 5.32 Å². The summed E-state index contributed by atoms with van der Waals surface area (Å²) in [6.45, 7) is 13.3. The maximum Gasteiger partial charge on any atom is 0.412 e. The minimum Gasteiger partial charge on any atom is -0.442 e. The lowest BCUT2D eigenvalue weighted by molar-refractivity contribution is 0.142. The van der Waals surface area contributed by atoms with Gasteiger partial charge in [-0.05, 0) is 24.1 Å². The van der Waals surface area contributed by atoms with Crippen molar-refractivity contribution in [1.82, 2.24) is 0 Å². The summed E-state index contributed by atoms with van der Waals surface area (Å²) >= 11 is 0. The van der Waals surface area contributed by atoms with Crippen molar-refractivity contribution in [3.05, 3.63) is 42.1 Å². The number of para-hydroxylation sites is 1. The highest BCUT2D eigenvalue weighted by molar-refractivity contribution is 6.84. The number of ether oxygens (including phenoxy) is 1. The molecule has 0 aliphatic carbocycles. The van der Waals surface area contributed by atoms with Gasteiger partial charge in [0, 0.05) is 5.69 Å². The van der Waals surface area contributed by atoms with Crippen molar-refractivity contribution < 1.29 is 9.53 Å². The van der Waals surface area contributed by atoms with Gasteiger partial charge in [-0.2, -0.15) is 0 Å². The molecule has 0 bridgehead atoms. The Hall–Kier alpha value is -1.55. The van der Waals surface area contributed by atoms with Crippen LogP contribution in [0.4, 0.5) is 10.5 Å². The molecule has 0 heterocycles. The number of hydrogen-bond acceptors (Lipinski definition) is 2. The molecule has 0 aliphatic rings. The van der Waals surface area contributed by atoms with Crippen molar-refractivity contribution in [1.29, 1.82) is 0 Å². The minimum absolute atomic E-state index is 0.233. The van der Waals surface area contributed by atoms with E-state index >= 15 is 0 Å². The Kier molecular flexibility index (Phi) is 5.78. The van der Waals surface area contributed by atoms with E-state index in [-0.39, 0.29) is 11.1 Å². The first-order chi connectivity index (χ1) is 9.62. The number of carbonyl (C=O) groups is 1. The van der Waals surface area contributed by atoms with Crippen molar-refractivity contribution >= 4 is 19.9 Å². The smallest absolute Gasteiger partial charge is 0.412 e. The Morgan fingerprint density at radius 2 is 1.81 bits per heavy atom. The summed E-state index contributed by atoms with van der Waals surface area (Å²) in [5.41, 5.74) is 3.00. The third kappa shape index (κ3) is 5.75. The monoisotopic (exact) mass is 305 g/mol. The maximum atomic E-state index is 11.8. The fourth-order valence-corrected chi connectivity index (χ4v) is 2.76. The van der Waals surface area contributed by atoms with E-state index in [1.807, 2.05) is 43.3 Å². The first kappa shape index (κ1) is 17.5. The normalized spacial score (nSPS) is 14.0. The molecular weight excluding hydrogens is 278 g/mol.